The molecule has 0 saturated heterocycles. The van der Waals surface area contributed by atoms with Gasteiger partial charge in [-0.2, -0.15) is 13.2 Å². The van der Waals surface area contributed by atoms with Crippen LogP contribution in [0.25, 0.3) is 10.9 Å². The Morgan fingerprint density at radius 2 is 1.82 bits per heavy atom. The number of nitrogens with one attached hydrogen (secondary N) is 2. The van der Waals surface area contributed by atoms with E-state index in [1.807, 2.05) is 13.1 Å². The van der Waals surface area contributed by atoms with Crippen molar-refractivity contribution in [1.29, 1.82) is 0 Å². The monoisotopic (exact) mass is 471 g/mol. The third-order valence-corrected chi connectivity index (χ3v) is 5.20. The number of H-pyrrole nitrogens is 1. The third-order valence-electron chi connectivity index (χ3n) is 5.20. The summed E-state index contributed by atoms with van der Waals surface area (Å²) >= 11 is 0. The molecular formula is C25H24F3N3O3. The number of hydrogen-bond donors (Lipinski definition) is 3. The zero-order valence-electron chi connectivity index (χ0n) is 18.5. The molecule has 0 radical (unpaired) electrons. The van der Waals surface area contributed by atoms with Gasteiger partial charge in [-0.05, 0) is 68.4 Å². The van der Waals surface area contributed by atoms with Crippen LogP contribution < -0.4 is 10.9 Å². The number of nitrogens with zero attached hydrogens (tertiary/aromatic N) is 1. The highest BCUT2D eigenvalue weighted by atomic mass is 19.4. The fourth-order valence-corrected chi connectivity index (χ4v) is 3.38. The molecule has 1 aromatic heterocycles. The quantitative estimate of drug-likeness (QED) is 0.359. The first kappa shape index (κ1) is 24.9. The number of amides is 1. The van der Waals surface area contributed by atoms with E-state index >= 15 is 0 Å². The second kappa shape index (κ2) is 10.9. The summed E-state index contributed by atoms with van der Waals surface area (Å²) in [5, 5.41) is 12.6. The van der Waals surface area contributed by atoms with Gasteiger partial charge < -0.3 is 20.3 Å². The molecule has 0 aliphatic carbocycles. The first-order valence-corrected chi connectivity index (χ1v) is 10.6. The van der Waals surface area contributed by atoms with Crippen molar-refractivity contribution in [3.8, 4) is 17.6 Å². The van der Waals surface area contributed by atoms with E-state index in [0.717, 1.165) is 36.9 Å². The number of hydrogen-bond acceptors (Lipinski definition) is 4. The number of phenolic OH excluding ortho intramolecular Hbond substituents is 1. The Balaban J connectivity index is 1.44. The number of aromatic hydroxyl groups is 1. The van der Waals surface area contributed by atoms with Crippen LogP contribution in [-0.2, 0) is 11.2 Å². The molecule has 178 valence electrons. The smallest absolute Gasteiger partial charge is 0.471 e. The second-order valence-corrected chi connectivity index (χ2v) is 7.84. The molecule has 0 saturated carbocycles. The Hall–Kier alpha value is -3.77. The van der Waals surface area contributed by atoms with Gasteiger partial charge in [0.25, 0.3) is 0 Å². The Morgan fingerprint density at radius 1 is 1.09 bits per heavy atom. The highest BCUT2D eigenvalue weighted by Crippen LogP contribution is 2.25. The minimum atomic E-state index is -4.93. The molecule has 0 bridgehead atoms. The average Bonchev–Trinajstić information content (AvgIpc) is 2.79. The summed E-state index contributed by atoms with van der Waals surface area (Å²) in [4.78, 5) is 27.3. The summed E-state index contributed by atoms with van der Waals surface area (Å²) in [6.45, 7) is 1.61. The number of likely N-dealkylation sites (N-methyl/N-ethyl adjacent to an activating group) is 1. The number of phenols is 1. The SMILES string of the molecule is CN(CCCC#Cc1ccc(NC(=O)C(F)(F)F)cc1)CCc1ccc(O)c2[nH]c(=O)ccc12. The lowest BCUT2D eigenvalue weighted by molar-refractivity contribution is -0.167. The summed E-state index contributed by atoms with van der Waals surface area (Å²) in [7, 11) is 2.01. The van der Waals surface area contributed by atoms with Crippen LogP contribution in [0.4, 0.5) is 18.9 Å². The largest absolute Gasteiger partial charge is 0.506 e. The highest BCUT2D eigenvalue weighted by Gasteiger charge is 2.38. The number of carbonyl (C=O) groups is 1. The summed E-state index contributed by atoms with van der Waals surface area (Å²) in [6, 6.07) is 12.5. The zero-order chi connectivity index (χ0) is 24.7. The van der Waals surface area contributed by atoms with Gasteiger partial charge in [0.15, 0.2) is 0 Å². The number of pyridine rings is 1. The van der Waals surface area contributed by atoms with Gasteiger partial charge in [-0.25, -0.2) is 0 Å². The maximum absolute atomic E-state index is 12.3. The lowest BCUT2D eigenvalue weighted by Gasteiger charge is -2.16. The molecule has 6 nitrogen and oxygen atoms in total. The number of benzene rings is 2. The van der Waals surface area contributed by atoms with Crippen LogP contribution in [0.1, 0.15) is 24.0 Å². The van der Waals surface area contributed by atoms with Crippen LogP contribution in [0.15, 0.2) is 53.3 Å². The fourth-order valence-electron chi connectivity index (χ4n) is 3.38. The Labute approximate surface area is 194 Å². The van der Waals surface area contributed by atoms with E-state index in [9.17, 15) is 27.9 Å². The molecular weight excluding hydrogens is 447 g/mol. The van der Waals surface area contributed by atoms with Gasteiger partial charge in [0.05, 0.1) is 5.52 Å². The summed E-state index contributed by atoms with van der Waals surface area (Å²) in [6.07, 6.45) is -2.68. The first-order valence-electron chi connectivity index (χ1n) is 10.6. The van der Waals surface area contributed by atoms with Gasteiger partial charge in [0.1, 0.15) is 5.75 Å². The summed E-state index contributed by atoms with van der Waals surface area (Å²) < 4.78 is 36.8. The van der Waals surface area contributed by atoms with E-state index in [4.69, 9.17) is 0 Å². The molecule has 3 rings (SSSR count). The van der Waals surface area contributed by atoms with Crippen molar-refractivity contribution in [3.63, 3.8) is 0 Å². The van der Waals surface area contributed by atoms with E-state index in [1.165, 1.54) is 18.2 Å². The molecule has 34 heavy (non-hydrogen) atoms. The molecule has 3 N–H and O–H groups in total. The van der Waals surface area contributed by atoms with E-state index in [-0.39, 0.29) is 17.0 Å². The predicted molar refractivity (Wildman–Crippen MR) is 125 cm³/mol. The molecule has 0 fully saturated rings. The number of aromatic nitrogens is 1. The minimum absolute atomic E-state index is 0.0454. The lowest BCUT2D eigenvalue weighted by atomic mass is 10.0. The number of fused-ring (bicyclic) bond motifs is 1. The topological polar surface area (TPSA) is 85.4 Å². The summed E-state index contributed by atoms with van der Waals surface area (Å²) in [5.74, 6) is 4.04. The molecule has 0 atom stereocenters. The second-order valence-electron chi connectivity index (χ2n) is 7.84. The normalized spacial score (nSPS) is 11.3. The molecule has 2 aromatic carbocycles. The Morgan fingerprint density at radius 3 is 2.53 bits per heavy atom. The van der Waals surface area contributed by atoms with Crippen molar-refractivity contribution >= 4 is 22.5 Å². The van der Waals surface area contributed by atoms with Gasteiger partial charge in [-0.3, -0.25) is 9.59 Å². The first-order chi connectivity index (χ1) is 16.1. The number of unbranched alkanes of at least 4 members (excludes halogenated alkanes) is 1. The van der Waals surface area contributed by atoms with Crippen molar-refractivity contribution in [2.75, 3.05) is 25.5 Å². The maximum Gasteiger partial charge on any atom is 0.471 e. The maximum atomic E-state index is 12.3. The number of carbonyl (C=O) groups excluding carboxylic acids is 1. The van der Waals surface area contributed by atoms with Crippen molar-refractivity contribution in [2.24, 2.45) is 0 Å². The molecule has 0 spiro atoms. The zero-order valence-corrected chi connectivity index (χ0v) is 18.5. The third kappa shape index (κ3) is 6.86. The number of alkyl halides is 3. The van der Waals surface area contributed by atoms with Crippen molar-refractivity contribution in [1.82, 2.24) is 9.88 Å². The van der Waals surface area contributed by atoms with Crippen LogP contribution in [0.5, 0.6) is 5.75 Å². The number of halogens is 3. The van der Waals surface area contributed by atoms with Crippen molar-refractivity contribution in [3.05, 3.63) is 70.0 Å². The Kier molecular flexibility index (Phi) is 7.97. The predicted octanol–water partition coefficient (Wildman–Crippen LogP) is 4.04. The van der Waals surface area contributed by atoms with Crippen LogP contribution in [-0.4, -0.2) is 47.2 Å². The van der Waals surface area contributed by atoms with Crippen LogP contribution in [0.3, 0.4) is 0 Å². The molecule has 9 heteroatoms. The van der Waals surface area contributed by atoms with Gasteiger partial charge >= 0.3 is 12.1 Å². The van der Waals surface area contributed by atoms with Crippen LogP contribution in [0.2, 0.25) is 0 Å². The standard InChI is InChI=1S/C25H24F3N3O3/c1-31(16-14-18-8-12-21(32)23-20(18)11-13-22(33)30-23)15-4-2-3-5-17-6-9-19(10-7-17)29-24(34)25(26,27)28/h6-13,32H,2,4,14-16H2,1H3,(H,29,34)(H,30,33). The van der Waals surface area contributed by atoms with Crippen LogP contribution >= 0.6 is 0 Å². The highest BCUT2D eigenvalue weighted by molar-refractivity contribution is 5.94. The fraction of sp³-hybridized carbons (Fsp3) is 0.280. The van der Waals surface area contributed by atoms with Crippen molar-refractivity contribution < 1.29 is 23.1 Å². The minimum Gasteiger partial charge on any atom is -0.506 e. The number of anilines is 1. The number of aromatic amines is 1. The van der Waals surface area contributed by atoms with E-state index < -0.39 is 12.1 Å². The van der Waals surface area contributed by atoms with E-state index in [0.29, 0.717) is 17.5 Å². The van der Waals surface area contributed by atoms with Gasteiger partial charge in [0, 0.05) is 35.7 Å². The van der Waals surface area contributed by atoms with E-state index in [1.54, 1.807) is 29.6 Å². The van der Waals surface area contributed by atoms with Gasteiger partial charge in [-0.15, -0.1) is 0 Å². The number of rotatable bonds is 7. The molecule has 3 aromatic rings. The Bertz CT molecular complexity index is 1270. The van der Waals surface area contributed by atoms with Crippen molar-refractivity contribution in [2.45, 2.75) is 25.4 Å². The summed E-state index contributed by atoms with van der Waals surface area (Å²) in [5.41, 5.74) is 1.92. The molecule has 1 heterocycles. The molecule has 0 unspecified atom stereocenters. The molecule has 0 aliphatic rings. The molecule has 1 amide bonds. The average molecular weight is 471 g/mol. The van der Waals surface area contributed by atoms with Gasteiger partial charge in [-0.1, -0.05) is 17.9 Å². The van der Waals surface area contributed by atoms with Crippen LogP contribution in [0, 0.1) is 11.8 Å². The lowest BCUT2D eigenvalue weighted by Crippen LogP contribution is -2.29. The molecule has 0 aliphatic heterocycles. The van der Waals surface area contributed by atoms with E-state index in [2.05, 4.69) is 21.7 Å². The van der Waals surface area contributed by atoms with Gasteiger partial charge in [0.2, 0.25) is 5.56 Å².